The molecule has 2 aliphatic rings. The minimum atomic E-state index is -0.616. The molecule has 1 heterocycles. The molecule has 0 saturated heterocycles. The van der Waals surface area contributed by atoms with Crippen LogP contribution in [0.15, 0.2) is 35.2 Å². The van der Waals surface area contributed by atoms with Crippen molar-refractivity contribution in [3.63, 3.8) is 0 Å². The Bertz CT molecular complexity index is 588. The molecular weight excluding hydrogens is 288 g/mol. The van der Waals surface area contributed by atoms with Crippen LogP contribution in [0.1, 0.15) is 57.9 Å². The quantitative estimate of drug-likeness (QED) is 0.788. The number of furan rings is 1. The molecule has 2 saturated carbocycles. The monoisotopic (exact) mass is 316 g/mol. The first kappa shape index (κ1) is 16.4. The number of carboxylic acids is 1. The van der Waals surface area contributed by atoms with E-state index in [-0.39, 0.29) is 11.3 Å². The van der Waals surface area contributed by atoms with E-state index in [1.165, 1.54) is 11.1 Å². The van der Waals surface area contributed by atoms with Gasteiger partial charge in [0.25, 0.3) is 0 Å². The number of allylic oxidation sites excluding steroid dienone is 1. The Morgan fingerprint density at radius 3 is 2.87 bits per heavy atom. The van der Waals surface area contributed by atoms with Gasteiger partial charge in [0.1, 0.15) is 0 Å². The number of carbonyl (C=O) groups is 1. The maximum absolute atomic E-state index is 12.0. The molecule has 23 heavy (non-hydrogen) atoms. The van der Waals surface area contributed by atoms with Crippen molar-refractivity contribution >= 4 is 5.97 Å². The lowest BCUT2D eigenvalue weighted by Gasteiger charge is -2.57. The van der Waals surface area contributed by atoms with Crippen molar-refractivity contribution in [2.24, 2.45) is 22.7 Å². The zero-order chi connectivity index (χ0) is 16.7. The van der Waals surface area contributed by atoms with E-state index in [0.717, 1.165) is 44.9 Å². The Morgan fingerprint density at radius 1 is 1.43 bits per heavy atom. The highest BCUT2D eigenvalue weighted by molar-refractivity contribution is 5.75. The second-order valence-electron chi connectivity index (χ2n) is 8.05. The van der Waals surface area contributed by atoms with Gasteiger partial charge in [0.2, 0.25) is 0 Å². The molecule has 1 N–H and O–H groups in total. The highest BCUT2D eigenvalue weighted by Crippen LogP contribution is 2.61. The molecule has 2 aliphatic carbocycles. The number of rotatable bonds is 4. The van der Waals surface area contributed by atoms with E-state index < -0.39 is 11.4 Å². The first-order valence-electron chi connectivity index (χ1n) is 8.80. The predicted octanol–water partition coefficient (Wildman–Crippen LogP) is 5.08. The minimum Gasteiger partial charge on any atom is -0.481 e. The van der Waals surface area contributed by atoms with Gasteiger partial charge in [0.15, 0.2) is 0 Å². The molecule has 0 unspecified atom stereocenters. The molecular formula is C20H28O3. The van der Waals surface area contributed by atoms with Crippen LogP contribution in [0, 0.1) is 22.7 Å². The molecule has 126 valence electrons. The fourth-order valence-electron chi connectivity index (χ4n) is 5.48. The van der Waals surface area contributed by atoms with E-state index in [2.05, 4.69) is 13.5 Å². The Kier molecular flexibility index (Phi) is 4.16. The van der Waals surface area contributed by atoms with Gasteiger partial charge in [-0.1, -0.05) is 25.5 Å². The lowest BCUT2D eigenvalue weighted by molar-refractivity contribution is -0.164. The molecule has 1 aromatic rings. The number of hydrogen-bond donors (Lipinski definition) is 1. The van der Waals surface area contributed by atoms with Gasteiger partial charge in [0.05, 0.1) is 17.9 Å². The fourth-order valence-corrected chi connectivity index (χ4v) is 5.48. The zero-order valence-electron chi connectivity index (χ0n) is 14.3. The molecule has 4 atom stereocenters. The summed E-state index contributed by atoms with van der Waals surface area (Å²) < 4.78 is 5.18. The van der Waals surface area contributed by atoms with Crippen LogP contribution in [0.2, 0.25) is 0 Å². The molecule has 0 spiro atoms. The molecule has 0 amide bonds. The minimum absolute atomic E-state index is 0.0600. The van der Waals surface area contributed by atoms with Gasteiger partial charge in [-0.25, -0.2) is 0 Å². The lowest BCUT2D eigenvalue weighted by atomic mass is 9.46. The van der Waals surface area contributed by atoms with Gasteiger partial charge in [0, 0.05) is 0 Å². The second kappa shape index (κ2) is 5.85. The van der Waals surface area contributed by atoms with Crippen molar-refractivity contribution in [1.29, 1.82) is 0 Å². The first-order valence-corrected chi connectivity index (χ1v) is 8.80. The molecule has 0 aromatic carbocycles. The van der Waals surface area contributed by atoms with Crippen molar-refractivity contribution in [2.45, 2.75) is 58.8 Å². The van der Waals surface area contributed by atoms with Crippen LogP contribution in [-0.2, 0) is 11.2 Å². The predicted molar refractivity (Wildman–Crippen MR) is 90.1 cm³/mol. The molecule has 2 fully saturated rings. The van der Waals surface area contributed by atoms with Crippen molar-refractivity contribution in [2.75, 3.05) is 0 Å². The number of hydrogen-bond acceptors (Lipinski definition) is 2. The summed E-state index contributed by atoms with van der Waals surface area (Å²) in [5, 5.41) is 9.85. The van der Waals surface area contributed by atoms with Gasteiger partial charge in [-0.3, -0.25) is 4.79 Å². The van der Waals surface area contributed by atoms with Gasteiger partial charge >= 0.3 is 5.97 Å². The van der Waals surface area contributed by atoms with Crippen LogP contribution in [-0.4, -0.2) is 11.1 Å². The van der Waals surface area contributed by atoms with Crippen LogP contribution in [0.5, 0.6) is 0 Å². The SMILES string of the molecule is C=C1CC[C@@H]2[C@@](C)(CCC[C@]2(C)C(=O)O)[C@@H]1CCc1ccoc1. The Balaban J connectivity index is 1.86. The molecule has 0 radical (unpaired) electrons. The molecule has 3 nitrogen and oxygen atoms in total. The topological polar surface area (TPSA) is 50.4 Å². The number of fused-ring (bicyclic) bond motifs is 1. The summed E-state index contributed by atoms with van der Waals surface area (Å²) in [7, 11) is 0. The van der Waals surface area contributed by atoms with Crippen LogP contribution in [0.25, 0.3) is 0 Å². The zero-order valence-corrected chi connectivity index (χ0v) is 14.3. The third kappa shape index (κ3) is 2.64. The van der Waals surface area contributed by atoms with Crippen LogP contribution in [0.4, 0.5) is 0 Å². The summed E-state index contributed by atoms with van der Waals surface area (Å²) in [4.78, 5) is 12.0. The highest BCUT2D eigenvalue weighted by atomic mass is 16.4. The number of aliphatic carboxylic acids is 1. The van der Waals surface area contributed by atoms with Gasteiger partial charge < -0.3 is 9.52 Å². The van der Waals surface area contributed by atoms with Gasteiger partial charge in [-0.15, -0.1) is 0 Å². The largest absolute Gasteiger partial charge is 0.481 e. The van der Waals surface area contributed by atoms with Crippen LogP contribution < -0.4 is 0 Å². The molecule has 3 heteroatoms. The van der Waals surface area contributed by atoms with Crippen LogP contribution >= 0.6 is 0 Å². The summed E-state index contributed by atoms with van der Waals surface area (Å²) in [6, 6.07) is 2.02. The van der Waals surface area contributed by atoms with Crippen LogP contribution in [0.3, 0.4) is 0 Å². The van der Waals surface area contributed by atoms with Gasteiger partial charge in [-0.05, 0) is 74.3 Å². The first-order chi connectivity index (χ1) is 10.9. The Hall–Kier alpha value is -1.51. The third-order valence-electron chi connectivity index (χ3n) is 6.81. The summed E-state index contributed by atoms with van der Waals surface area (Å²) in [6.07, 6.45) is 10.4. The molecule has 1 aromatic heterocycles. The van der Waals surface area contributed by atoms with Crippen molar-refractivity contribution in [1.82, 2.24) is 0 Å². The van der Waals surface area contributed by atoms with Crippen molar-refractivity contribution in [3.8, 4) is 0 Å². The highest BCUT2D eigenvalue weighted by Gasteiger charge is 2.57. The molecule has 0 aliphatic heterocycles. The normalized spacial score (nSPS) is 37.4. The summed E-state index contributed by atoms with van der Waals surface area (Å²) >= 11 is 0. The average molecular weight is 316 g/mol. The smallest absolute Gasteiger partial charge is 0.309 e. The van der Waals surface area contributed by atoms with Crippen molar-refractivity contribution < 1.29 is 14.3 Å². The Morgan fingerprint density at radius 2 is 2.22 bits per heavy atom. The summed E-state index contributed by atoms with van der Waals surface area (Å²) in [6.45, 7) is 8.65. The summed E-state index contributed by atoms with van der Waals surface area (Å²) in [5.41, 5.74) is 2.02. The van der Waals surface area contributed by atoms with E-state index in [9.17, 15) is 9.90 Å². The van der Waals surface area contributed by atoms with E-state index >= 15 is 0 Å². The summed E-state index contributed by atoms with van der Waals surface area (Å²) in [5.74, 6) is 0.0470. The maximum atomic E-state index is 12.0. The van der Waals surface area contributed by atoms with E-state index in [0.29, 0.717) is 5.92 Å². The fraction of sp³-hybridized carbons (Fsp3) is 0.650. The van der Waals surface area contributed by atoms with Crippen molar-refractivity contribution in [3.05, 3.63) is 36.3 Å². The standard InChI is InChI=1S/C20H28O3/c1-14-5-8-17-19(2,10-4-11-20(17,3)18(21)22)16(14)7-6-15-9-12-23-13-15/h9,12-13,16-17H,1,4-8,10-11H2,2-3H3,(H,21,22)/t16-,17-,19+,20+/m1/s1. The maximum Gasteiger partial charge on any atom is 0.309 e. The van der Waals surface area contributed by atoms with Gasteiger partial charge in [-0.2, -0.15) is 0 Å². The lowest BCUT2D eigenvalue weighted by Crippen LogP contribution is -2.53. The molecule has 3 rings (SSSR count). The van der Waals surface area contributed by atoms with E-state index in [4.69, 9.17) is 4.42 Å². The number of aryl methyl sites for hydroxylation is 1. The van der Waals surface area contributed by atoms with E-state index in [1.807, 2.05) is 19.3 Å². The average Bonchev–Trinajstić information content (AvgIpc) is 2.99. The number of carboxylic acid groups (broad SMARTS) is 1. The third-order valence-corrected chi connectivity index (χ3v) is 6.81. The van der Waals surface area contributed by atoms with E-state index in [1.54, 1.807) is 6.26 Å². The molecule has 0 bridgehead atoms. The Labute approximate surface area is 138 Å². The second-order valence-corrected chi connectivity index (χ2v) is 8.05.